The first-order valence-electron chi connectivity index (χ1n) is 6.83. The third-order valence-electron chi connectivity index (χ3n) is 4.29. The molecule has 3 heterocycles. The van der Waals surface area contributed by atoms with Crippen molar-refractivity contribution in [2.24, 2.45) is 0 Å². The SMILES string of the molecule is CC1CN2CCCC2CN1CCc1cccs1. The number of thiophene rings is 1. The van der Waals surface area contributed by atoms with Crippen LogP contribution in [0.25, 0.3) is 0 Å². The van der Waals surface area contributed by atoms with Crippen LogP contribution in [-0.2, 0) is 6.42 Å². The van der Waals surface area contributed by atoms with Crippen molar-refractivity contribution in [3.8, 4) is 0 Å². The highest BCUT2D eigenvalue weighted by molar-refractivity contribution is 7.09. The highest BCUT2D eigenvalue weighted by Gasteiger charge is 2.33. The Balaban J connectivity index is 1.55. The van der Waals surface area contributed by atoms with E-state index in [2.05, 4.69) is 34.2 Å². The first-order valence-corrected chi connectivity index (χ1v) is 7.71. The first-order chi connectivity index (χ1) is 8.33. The molecule has 0 N–H and O–H groups in total. The van der Waals surface area contributed by atoms with Gasteiger partial charge in [0, 0.05) is 36.6 Å². The highest BCUT2D eigenvalue weighted by Crippen LogP contribution is 2.24. The summed E-state index contributed by atoms with van der Waals surface area (Å²) in [5.41, 5.74) is 0. The lowest BCUT2D eigenvalue weighted by Gasteiger charge is -2.42. The van der Waals surface area contributed by atoms with E-state index in [0.717, 1.165) is 12.1 Å². The summed E-state index contributed by atoms with van der Waals surface area (Å²) in [7, 11) is 0. The Morgan fingerprint density at radius 2 is 2.35 bits per heavy atom. The lowest BCUT2D eigenvalue weighted by atomic mass is 10.1. The topological polar surface area (TPSA) is 6.48 Å². The van der Waals surface area contributed by atoms with Gasteiger partial charge in [-0.15, -0.1) is 11.3 Å². The van der Waals surface area contributed by atoms with Gasteiger partial charge in [0.15, 0.2) is 0 Å². The van der Waals surface area contributed by atoms with Crippen LogP contribution in [0.1, 0.15) is 24.6 Å². The van der Waals surface area contributed by atoms with Gasteiger partial charge in [-0.05, 0) is 44.2 Å². The van der Waals surface area contributed by atoms with Crippen LogP contribution in [0.2, 0.25) is 0 Å². The number of fused-ring (bicyclic) bond motifs is 1. The second-order valence-corrected chi connectivity index (χ2v) is 6.50. The molecule has 3 rings (SSSR count). The molecule has 0 bridgehead atoms. The molecule has 2 unspecified atom stereocenters. The molecule has 2 saturated heterocycles. The van der Waals surface area contributed by atoms with Gasteiger partial charge >= 0.3 is 0 Å². The van der Waals surface area contributed by atoms with E-state index in [9.17, 15) is 0 Å². The zero-order valence-electron chi connectivity index (χ0n) is 10.6. The number of rotatable bonds is 3. The molecule has 1 aromatic heterocycles. The molecule has 17 heavy (non-hydrogen) atoms. The maximum atomic E-state index is 2.70. The van der Waals surface area contributed by atoms with Gasteiger partial charge in [-0.2, -0.15) is 0 Å². The van der Waals surface area contributed by atoms with Crippen LogP contribution in [0.5, 0.6) is 0 Å². The lowest BCUT2D eigenvalue weighted by molar-refractivity contribution is 0.0606. The van der Waals surface area contributed by atoms with Crippen LogP contribution in [0.4, 0.5) is 0 Å². The summed E-state index contributed by atoms with van der Waals surface area (Å²) in [6.45, 7) is 7.56. The molecule has 2 aliphatic rings. The molecule has 2 nitrogen and oxygen atoms in total. The molecule has 2 atom stereocenters. The van der Waals surface area contributed by atoms with E-state index in [-0.39, 0.29) is 0 Å². The number of piperazine rings is 1. The van der Waals surface area contributed by atoms with Crippen molar-refractivity contribution in [1.82, 2.24) is 9.80 Å². The summed E-state index contributed by atoms with van der Waals surface area (Å²) in [5, 5.41) is 2.19. The van der Waals surface area contributed by atoms with Crippen molar-refractivity contribution in [2.75, 3.05) is 26.2 Å². The van der Waals surface area contributed by atoms with Crippen LogP contribution in [0.3, 0.4) is 0 Å². The van der Waals surface area contributed by atoms with Gasteiger partial charge in [0.05, 0.1) is 0 Å². The van der Waals surface area contributed by atoms with Crippen LogP contribution < -0.4 is 0 Å². The summed E-state index contributed by atoms with van der Waals surface area (Å²) in [4.78, 5) is 6.93. The molecule has 3 heteroatoms. The third-order valence-corrected chi connectivity index (χ3v) is 5.23. The lowest BCUT2D eigenvalue weighted by Crippen LogP contribution is -2.55. The Kier molecular flexibility index (Phi) is 3.50. The number of nitrogens with zero attached hydrogens (tertiary/aromatic N) is 2. The molecule has 0 aromatic carbocycles. The molecule has 0 saturated carbocycles. The van der Waals surface area contributed by atoms with E-state index in [4.69, 9.17) is 0 Å². The predicted octanol–water partition coefficient (Wildman–Crippen LogP) is 2.46. The molecule has 2 fully saturated rings. The summed E-state index contributed by atoms with van der Waals surface area (Å²) < 4.78 is 0. The second-order valence-electron chi connectivity index (χ2n) is 5.46. The minimum Gasteiger partial charge on any atom is -0.298 e. The first kappa shape index (κ1) is 11.7. The normalized spacial score (nSPS) is 30.6. The van der Waals surface area contributed by atoms with E-state index in [1.54, 1.807) is 0 Å². The molecular weight excluding hydrogens is 228 g/mol. The van der Waals surface area contributed by atoms with Gasteiger partial charge in [0.25, 0.3) is 0 Å². The Hall–Kier alpha value is -0.380. The van der Waals surface area contributed by atoms with Gasteiger partial charge in [-0.25, -0.2) is 0 Å². The highest BCUT2D eigenvalue weighted by atomic mass is 32.1. The summed E-state index contributed by atoms with van der Waals surface area (Å²) in [5.74, 6) is 0. The predicted molar refractivity (Wildman–Crippen MR) is 73.7 cm³/mol. The van der Waals surface area contributed by atoms with Gasteiger partial charge < -0.3 is 0 Å². The summed E-state index contributed by atoms with van der Waals surface area (Å²) in [6.07, 6.45) is 4.06. The Morgan fingerprint density at radius 3 is 3.18 bits per heavy atom. The number of hydrogen-bond donors (Lipinski definition) is 0. The maximum absolute atomic E-state index is 2.70. The fraction of sp³-hybridized carbons (Fsp3) is 0.714. The summed E-state index contributed by atoms with van der Waals surface area (Å²) >= 11 is 1.90. The summed E-state index contributed by atoms with van der Waals surface area (Å²) in [6, 6.07) is 6.03. The van der Waals surface area contributed by atoms with Crippen molar-refractivity contribution in [3.05, 3.63) is 22.4 Å². The van der Waals surface area contributed by atoms with Gasteiger partial charge in [0.1, 0.15) is 0 Å². The Bertz CT molecular complexity index is 349. The largest absolute Gasteiger partial charge is 0.298 e. The molecular formula is C14H22N2S. The van der Waals surface area contributed by atoms with E-state index in [0.29, 0.717) is 0 Å². The average molecular weight is 250 g/mol. The zero-order chi connectivity index (χ0) is 11.7. The third kappa shape index (κ3) is 2.56. The van der Waals surface area contributed by atoms with E-state index >= 15 is 0 Å². The fourth-order valence-corrected chi connectivity index (χ4v) is 3.97. The van der Waals surface area contributed by atoms with E-state index < -0.39 is 0 Å². The zero-order valence-corrected chi connectivity index (χ0v) is 11.5. The minimum absolute atomic E-state index is 0.740. The smallest absolute Gasteiger partial charge is 0.0224 e. The van der Waals surface area contributed by atoms with Gasteiger partial charge in [-0.3, -0.25) is 9.80 Å². The molecule has 0 amide bonds. The van der Waals surface area contributed by atoms with E-state index in [1.165, 1.54) is 50.3 Å². The molecule has 2 aliphatic heterocycles. The minimum atomic E-state index is 0.740. The Morgan fingerprint density at radius 1 is 1.41 bits per heavy atom. The molecule has 1 aromatic rings. The second kappa shape index (κ2) is 5.09. The fourth-order valence-electron chi connectivity index (χ4n) is 3.27. The van der Waals surface area contributed by atoms with E-state index in [1.807, 2.05) is 11.3 Å². The van der Waals surface area contributed by atoms with Crippen molar-refractivity contribution >= 4 is 11.3 Å². The Labute approximate surface area is 108 Å². The monoisotopic (exact) mass is 250 g/mol. The van der Waals surface area contributed by atoms with Crippen LogP contribution in [0.15, 0.2) is 17.5 Å². The molecule has 94 valence electrons. The quantitative estimate of drug-likeness (QED) is 0.813. The van der Waals surface area contributed by atoms with Crippen LogP contribution in [-0.4, -0.2) is 48.1 Å². The molecule has 0 spiro atoms. The van der Waals surface area contributed by atoms with Gasteiger partial charge in [0.2, 0.25) is 0 Å². The van der Waals surface area contributed by atoms with Crippen LogP contribution in [0, 0.1) is 0 Å². The van der Waals surface area contributed by atoms with Crippen molar-refractivity contribution in [3.63, 3.8) is 0 Å². The van der Waals surface area contributed by atoms with Crippen LogP contribution >= 0.6 is 11.3 Å². The number of hydrogen-bond acceptors (Lipinski definition) is 3. The van der Waals surface area contributed by atoms with Crippen molar-refractivity contribution < 1.29 is 0 Å². The van der Waals surface area contributed by atoms with Crippen molar-refractivity contribution in [2.45, 2.75) is 38.3 Å². The molecule has 0 aliphatic carbocycles. The molecule has 0 radical (unpaired) electrons. The standard InChI is InChI=1S/C14H22N2S/c1-12-10-16-7-2-4-13(16)11-15(12)8-6-14-5-3-9-17-14/h3,5,9,12-13H,2,4,6-8,10-11H2,1H3. The maximum Gasteiger partial charge on any atom is 0.0224 e. The van der Waals surface area contributed by atoms with Gasteiger partial charge in [-0.1, -0.05) is 6.07 Å². The van der Waals surface area contributed by atoms with Crippen molar-refractivity contribution in [1.29, 1.82) is 0 Å². The average Bonchev–Trinajstić information content (AvgIpc) is 2.95.